The molecule has 0 unspecified atom stereocenters. The van der Waals surface area contributed by atoms with Crippen LogP contribution in [0.5, 0.6) is 5.75 Å². The van der Waals surface area contributed by atoms with Gasteiger partial charge in [0.25, 0.3) is 11.8 Å². The normalized spacial score (nSPS) is 20.2. The van der Waals surface area contributed by atoms with E-state index in [1.54, 1.807) is 12.1 Å². The Morgan fingerprint density at radius 1 is 0.844 bits per heavy atom. The van der Waals surface area contributed by atoms with Crippen LogP contribution in [0.2, 0.25) is 0 Å². The fraction of sp³-hybridized carbons (Fsp3) is 0.216. The molecule has 4 amide bonds. The number of barbiturate groups is 1. The summed E-state index contributed by atoms with van der Waals surface area (Å²) in [5.41, 5.74) is 6.64. The second-order valence-corrected chi connectivity index (χ2v) is 12.5. The van der Waals surface area contributed by atoms with E-state index in [1.165, 1.54) is 22.9 Å². The molecule has 3 heterocycles. The lowest BCUT2D eigenvalue weighted by Crippen LogP contribution is -2.54. The van der Waals surface area contributed by atoms with Crippen LogP contribution in [0.25, 0.3) is 6.08 Å². The first-order valence-electron chi connectivity index (χ1n) is 15.3. The fourth-order valence-electron chi connectivity index (χ4n) is 6.94. The number of hydrogen-bond donors (Lipinski definition) is 1. The molecule has 7 rings (SSSR count). The van der Waals surface area contributed by atoms with Crippen molar-refractivity contribution in [1.29, 1.82) is 0 Å². The Morgan fingerprint density at radius 2 is 1.44 bits per heavy atom. The van der Waals surface area contributed by atoms with Gasteiger partial charge in [-0.05, 0) is 78.4 Å². The second kappa shape index (κ2) is 12.0. The molecule has 4 aromatic carbocycles. The molecule has 3 aliphatic heterocycles. The molecule has 0 spiro atoms. The van der Waals surface area contributed by atoms with Crippen molar-refractivity contribution in [2.75, 3.05) is 29.5 Å². The van der Waals surface area contributed by atoms with Crippen LogP contribution in [0.15, 0.2) is 101 Å². The van der Waals surface area contributed by atoms with Crippen LogP contribution >= 0.6 is 15.9 Å². The number of halogens is 1. The molecule has 4 aromatic rings. The Hall–Kier alpha value is -4.69. The highest BCUT2D eigenvalue weighted by molar-refractivity contribution is 9.10. The summed E-state index contributed by atoms with van der Waals surface area (Å²) >= 11 is 3.47. The van der Waals surface area contributed by atoms with Crippen LogP contribution in [0, 0.1) is 0 Å². The Labute approximate surface area is 270 Å². The van der Waals surface area contributed by atoms with Crippen molar-refractivity contribution in [1.82, 2.24) is 5.32 Å². The van der Waals surface area contributed by atoms with Crippen LogP contribution in [0.4, 0.5) is 16.2 Å². The van der Waals surface area contributed by atoms with Gasteiger partial charge in [-0.15, -0.1) is 0 Å². The number of amides is 4. The lowest BCUT2D eigenvalue weighted by atomic mass is 9.76. The highest BCUT2D eigenvalue weighted by Crippen LogP contribution is 2.50. The Balaban J connectivity index is 1.39. The van der Waals surface area contributed by atoms with Gasteiger partial charge in [0.05, 0.1) is 12.3 Å². The van der Waals surface area contributed by atoms with Crippen LogP contribution in [-0.2, 0) is 9.59 Å². The number of carbonyl (C=O) groups excluding carboxylic acids is 3. The molecular weight excluding hydrogens is 630 g/mol. The van der Waals surface area contributed by atoms with E-state index in [4.69, 9.17) is 4.74 Å². The molecule has 45 heavy (non-hydrogen) atoms. The van der Waals surface area contributed by atoms with Gasteiger partial charge in [-0.1, -0.05) is 76.6 Å². The number of benzene rings is 4. The summed E-state index contributed by atoms with van der Waals surface area (Å²) in [6.45, 7) is 4.15. The highest BCUT2D eigenvalue weighted by atomic mass is 79.9. The molecule has 2 atom stereocenters. The van der Waals surface area contributed by atoms with Gasteiger partial charge in [-0.2, -0.15) is 0 Å². The van der Waals surface area contributed by atoms with Crippen molar-refractivity contribution in [3.8, 4) is 5.75 Å². The predicted octanol–water partition coefficient (Wildman–Crippen LogP) is 7.39. The van der Waals surface area contributed by atoms with E-state index in [2.05, 4.69) is 50.4 Å². The first-order valence-corrected chi connectivity index (χ1v) is 16.1. The summed E-state index contributed by atoms with van der Waals surface area (Å²) in [4.78, 5) is 44.3. The van der Waals surface area contributed by atoms with Crippen molar-refractivity contribution in [2.24, 2.45) is 0 Å². The van der Waals surface area contributed by atoms with Crippen molar-refractivity contribution in [3.05, 3.63) is 129 Å². The minimum absolute atomic E-state index is 0.0979. The molecule has 1 N–H and O–H groups in total. The molecule has 0 aliphatic carbocycles. The maximum atomic E-state index is 14.2. The summed E-state index contributed by atoms with van der Waals surface area (Å²) in [6, 6.07) is 29.4. The minimum Gasteiger partial charge on any atom is -0.493 e. The van der Waals surface area contributed by atoms with Crippen LogP contribution in [0.1, 0.15) is 59.4 Å². The van der Waals surface area contributed by atoms with Gasteiger partial charge in [0.2, 0.25) is 0 Å². The first-order chi connectivity index (χ1) is 21.9. The van der Waals surface area contributed by atoms with Crippen LogP contribution in [-0.4, -0.2) is 37.5 Å². The van der Waals surface area contributed by atoms with E-state index in [0.717, 1.165) is 46.4 Å². The average Bonchev–Trinajstić information content (AvgIpc) is 3.05. The zero-order valence-electron chi connectivity index (χ0n) is 24.8. The molecule has 226 valence electrons. The topological polar surface area (TPSA) is 79.0 Å². The Bertz CT molecular complexity index is 1770. The molecule has 0 bridgehead atoms. The number of nitrogens with zero attached hydrogens (tertiary/aromatic N) is 2. The Morgan fingerprint density at radius 3 is 2.02 bits per heavy atom. The van der Waals surface area contributed by atoms with Gasteiger partial charge in [-0.25, -0.2) is 9.69 Å². The standard InChI is InChI=1S/C37H32BrN3O4/c1-2-45-33-14-13-26(38)19-25(33)20-32-35(42)39-37(44)41(36(32)43)27-21-30-28(23-9-5-3-6-10-23)15-17-40-18-16-29(31(22-27)34(30)40)24-11-7-4-8-12-24/h3-14,19-22,28-29H,2,15-18H2,1H3,(H,39,42,44)/b32-20+/t28-,29-/m1/s1. The molecule has 7 nitrogen and oxygen atoms in total. The van der Waals surface area contributed by atoms with E-state index in [9.17, 15) is 14.4 Å². The predicted molar refractivity (Wildman–Crippen MR) is 179 cm³/mol. The summed E-state index contributed by atoms with van der Waals surface area (Å²) in [7, 11) is 0. The molecule has 0 aromatic heterocycles. The minimum atomic E-state index is -0.760. The zero-order valence-corrected chi connectivity index (χ0v) is 26.4. The Kier molecular flexibility index (Phi) is 7.75. The molecule has 1 fully saturated rings. The number of ether oxygens (including phenoxy) is 1. The lowest BCUT2D eigenvalue weighted by Gasteiger charge is -2.44. The number of anilines is 2. The first kappa shape index (κ1) is 29.0. The van der Waals surface area contributed by atoms with Crippen molar-refractivity contribution in [3.63, 3.8) is 0 Å². The number of carbonyl (C=O) groups is 3. The van der Waals surface area contributed by atoms with Gasteiger partial charge in [-0.3, -0.25) is 14.9 Å². The summed E-state index contributed by atoms with van der Waals surface area (Å²) < 4.78 is 6.53. The lowest BCUT2D eigenvalue weighted by molar-refractivity contribution is -0.122. The smallest absolute Gasteiger partial charge is 0.335 e. The van der Waals surface area contributed by atoms with Gasteiger partial charge >= 0.3 is 6.03 Å². The summed E-state index contributed by atoms with van der Waals surface area (Å²) in [5, 5.41) is 2.42. The number of rotatable bonds is 6. The third-order valence-electron chi connectivity index (χ3n) is 8.93. The van der Waals surface area contributed by atoms with E-state index in [-0.39, 0.29) is 17.4 Å². The van der Waals surface area contributed by atoms with Gasteiger partial charge in [0.1, 0.15) is 11.3 Å². The molecule has 3 aliphatic rings. The van der Waals surface area contributed by atoms with Gasteiger partial charge in [0, 0.05) is 40.6 Å². The average molecular weight is 663 g/mol. The second-order valence-electron chi connectivity index (χ2n) is 11.5. The monoisotopic (exact) mass is 661 g/mol. The maximum absolute atomic E-state index is 14.2. The number of hydrogen-bond acceptors (Lipinski definition) is 5. The van der Waals surface area contributed by atoms with E-state index in [1.807, 2.05) is 61.5 Å². The highest BCUT2D eigenvalue weighted by Gasteiger charge is 2.40. The summed E-state index contributed by atoms with van der Waals surface area (Å²) in [6.07, 6.45) is 3.34. The third-order valence-corrected chi connectivity index (χ3v) is 9.42. The van der Waals surface area contributed by atoms with Crippen molar-refractivity contribution >= 4 is 51.2 Å². The zero-order chi connectivity index (χ0) is 31.1. The van der Waals surface area contributed by atoms with Crippen LogP contribution in [0.3, 0.4) is 0 Å². The summed E-state index contributed by atoms with van der Waals surface area (Å²) in [5.74, 6) is -0.680. The molecule has 0 saturated carbocycles. The maximum Gasteiger partial charge on any atom is 0.335 e. The number of imide groups is 2. The van der Waals surface area contributed by atoms with Crippen LogP contribution < -0.4 is 19.9 Å². The van der Waals surface area contributed by atoms with E-state index in [0.29, 0.717) is 23.6 Å². The van der Waals surface area contributed by atoms with Gasteiger partial charge < -0.3 is 9.64 Å². The largest absolute Gasteiger partial charge is 0.493 e. The quantitative estimate of drug-likeness (QED) is 0.172. The fourth-order valence-corrected chi connectivity index (χ4v) is 7.31. The van der Waals surface area contributed by atoms with Crippen molar-refractivity contribution in [2.45, 2.75) is 31.6 Å². The van der Waals surface area contributed by atoms with E-state index < -0.39 is 17.8 Å². The number of urea groups is 1. The molecule has 8 heteroatoms. The van der Waals surface area contributed by atoms with E-state index >= 15 is 0 Å². The molecule has 0 radical (unpaired) electrons. The SMILES string of the molecule is CCOc1ccc(Br)cc1/C=C1\C(=O)NC(=O)N(c2cc3c4c(c2)[C@@H](c2ccccc2)CCN4CC[C@@H]3c2ccccc2)C1=O. The third kappa shape index (κ3) is 5.33. The number of nitrogens with one attached hydrogen (secondary N) is 1. The molecular formula is C37H32BrN3O4. The molecule has 1 saturated heterocycles. The van der Waals surface area contributed by atoms with Gasteiger partial charge in [0.15, 0.2) is 0 Å². The van der Waals surface area contributed by atoms with Crippen molar-refractivity contribution < 1.29 is 19.1 Å².